The van der Waals surface area contributed by atoms with Crippen molar-refractivity contribution >= 4 is 0 Å². The highest BCUT2D eigenvalue weighted by molar-refractivity contribution is 5.02. The molecule has 20 nitrogen and oxygen atoms in total. The van der Waals surface area contributed by atoms with Crippen LogP contribution in [-0.4, -0.2) is 190 Å². The Labute approximate surface area is 258 Å². The molecule has 45 heavy (non-hydrogen) atoms. The SMILES string of the molecule is NC[C@@H]1O[C@H](O[C@H]2[C@@H](O)[C@H](O[C@@H]3[C@@H](O)[C@H](N)C[C@H](N)[C@H]3O[C@H]3O[C@H](CO)[C@@H](OCCO)[C@H](O)[C@H]3N)O[C@@H]2CO)[C@H](N)[C@@H](O)[C@@H]1O. The van der Waals surface area contributed by atoms with E-state index in [0.717, 1.165) is 0 Å². The molecule has 0 aromatic rings. The van der Waals surface area contributed by atoms with E-state index in [1.165, 1.54) is 0 Å². The minimum absolute atomic E-state index is 0.0638. The second-order valence-corrected chi connectivity index (χ2v) is 11.8. The van der Waals surface area contributed by atoms with E-state index in [0.29, 0.717) is 0 Å². The second kappa shape index (κ2) is 16.1. The average Bonchev–Trinajstić information content (AvgIpc) is 3.32. The van der Waals surface area contributed by atoms with E-state index >= 15 is 0 Å². The number of hydrogen-bond donors (Lipinski definition) is 13. The zero-order valence-electron chi connectivity index (χ0n) is 24.5. The normalized spacial score (nSPS) is 51.0. The first-order chi connectivity index (χ1) is 21.4. The maximum atomic E-state index is 11.2. The molecular weight excluding hydrogens is 610 g/mol. The summed E-state index contributed by atoms with van der Waals surface area (Å²) in [5, 5.41) is 82.4. The van der Waals surface area contributed by atoms with Crippen LogP contribution in [0.3, 0.4) is 0 Å². The summed E-state index contributed by atoms with van der Waals surface area (Å²) < 4.78 is 40.3. The minimum Gasteiger partial charge on any atom is -0.394 e. The summed E-state index contributed by atoms with van der Waals surface area (Å²) >= 11 is 0. The van der Waals surface area contributed by atoms with Crippen LogP contribution in [0.5, 0.6) is 0 Å². The van der Waals surface area contributed by atoms with Crippen molar-refractivity contribution in [1.29, 1.82) is 0 Å². The highest BCUT2D eigenvalue weighted by Gasteiger charge is 2.54. The van der Waals surface area contributed by atoms with Gasteiger partial charge in [-0.2, -0.15) is 0 Å². The van der Waals surface area contributed by atoms with Gasteiger partial charge in [-0.15, -0.1) is 0 Å². The predicted molar refractivity (Wildman–Crippen MR) is 147 cm³/mol. The number of ether oxygens (including phenoxy) is 7. The fourth-order valence-corrected chi connectivity index (χ4v) is 6.08. The summed E-state index contributed by atoms with van der Waals surface area (Å²) in [5.74, 6) is 0. The highest BCUT2D eigenvalue weighted by atomic mass is 16.8. The Bertz CT molecular complexity index is 915. The van der Waals surface area contributed by atoms with Gasteiger partial charge in [0.25, 0.3) is 0 Å². The van der Waals surface area contributed by atoms with E-state index in [1.54, 1.807) is 0 Å². The molecule has 3 heterocycles. The summed E-state index contributed by atoms with van der Waals surface area (Å²) in [7, 11) is 0. The molecule has 0 radical (unpaired) electrons. The van der Waals surface area contributed by atoms with Crippen molar-refractivity contribution in [2.24, 2.45) is 28.7 Å². The topological polar surface area (TPSA) is 357 Å². The highest BCUT2D eigenvalue weighted by Crippen LogP contribution is 2.34. The van der Waals surface area contributed by atoms with Crippen LogP contribution in [0.25, 0.3) is 0 Å². The molecule has 1 saturated carbocycles. The van der Waals surface area contributed by atoms with Gasteiger partial charge in [-0.05, 0) is 6.42 Å². The molecule has 1 aliphatic carbocycles. The molecule has 0 unspecified atom stereocenters. The zero-order valence-corrected chi connectivity index (χ0v) is 24.5. The van der Waals surface area contributed by atoms with Crippen molar-refractivity contribution in [3.05, 3.63) is 0 Å². The van der Waals surface area contributed by atoms with Crippen LogP contribution >= 0.6 is 0 Å². The first-order valence-electron chi connectivity index (χ1n) is 14.9. The standard InChI is InChI=1S/C25H49N5O15/c26-4-9-15(35)16(36)12(29)23(40-9)44-21-11(6-33)42-25(18(21)38)45-22-14(34)7(27)3-8(28)19(22)43-24-13(30)17(37)20(39-2-1-31)10(5-32)41-24/h7-25,31-38H,1-6,26-30H2/t7-,8+,9+,10-,11-,12-,13-,14+,15-,16-,17-,18-,19-,20-,21-,22-,23-,24-,25+/m1/s1. The van der Waals surface area contributed by atoms with Crippen molar-refractivity contribution in [2.45, 2.75) is 123 Å². The molecule has 0 aromatic heterocycles. The van der Waals surface area contributed by atoms with Gasteiger partial charge in [-0.1, -0.05) is 0 Å². The van der Waals surface area contributed by atoms with Gasteiger partial charge in [-0.3, -0.25) is 0 Å². The third-order valence-electron chi connectivity index (χ3n) is 8.69. The Balaban J connectivity index is 1.49. The number of hydrogen-bond acceptors (Lipinski definition) is 20. The Morgan fingerprint density at radius 2 is 1.09 bits per heavy atom. The minimum atomic E-state index is -1.63. The van der Waals surface area contributed by atoms with Crippen molar-refractivity contribution in [2.75, 3.05) is 33.0 Å². The summed E-state index contributed by atoms with van der Waals surface area (Å²) in [5.41, 5.74) is 30.2. The van der Waals surface area contributed by atoms with Crippen LogP contribution in [-0.2, 0) is 33.2 Å². The lowest BCUT2D eigenvalue weighted by molar-refractivity contribution is -0.314. The summed E-state index contributed by atoms with van der Waals surface area (Å²) in [4.78, 5) is 0. The van der Waals surface area contributed by atoms with E-state index in [-0.39, 0.29) is 26.2 Å². The van der Waals surface area contributed by atoms with Gasteiger partial charge in [0.15, 0.2) is 18.9 Å². The van der Waals surface area contributed by atoms with Crippen LogP contribution < -0.4 is 28.7 Å². The molecule has 0 bridgehead atoms. The average molecular weight is 660 g/mol. The molecule has 4 rings (SSSR count). The fourth-order valence-electron chi connectivity index (χ4n) is 6.08. The molecule has 0 aromatic carbocycles. The Hall–Kier alpha value is -0.800. The third-order valence-corrected chi connectivity index (χ3v) is 8.69. The van der Waals surface area contributed by atoms with Gasteiger partial charge >= 0.3 is 0 Å². The van der Waals surface area contributed by atoms with Gasteiger partial charge in [-0.25, -0.2) is 0 Å². The molecule has 264 valence electrons. The summed E-state index contributed by atoms with van der Waals surface area (Å²) in [6.07, 6.45) is -19.9. The van der Waals surface area contributed by atoms with E-state index in [1.807, 2.05) is 0 Å². The Morgan fingerprint density at radius 3 is 1.69 bits per heavy atom. The lowest BCUT2D eigenvalue weighted by Crippen LogP contribution is -2.68. The largest absolute Gasteiger partial charge is 0.394 e. The third kappa shape index (κ3) is 7.76. The van der Waals surface area contributed by atoms with Crippen molar-refractivity contribution in [1.82, 2.24) is 0 Å². The predicted octanol–water partition coefficient (Wildman–Crippen LogP) is -8.85. The number of rotatable bonds is 12. The molecule has 3 aliphatic heterocycles. The second-order valence-electron chi connectivity index (χ2n) is 11.8. The molecule has 0 spiro atoms. The maximum absolute atomic E-state index is 11.2. The quantitative estimate of drug-likeness (QED) is 0.0924. The van der Waals surface area contributed by atoms with Gasteiger partial charge in [0, 0.05) is 18.6 Å². The van der Waals surface area contributed by atoms with Crippen molar-refractivity contribution in [3.63, 3.8) is 0 Å². The molecule has 3 saturated heterocycles. The monoisotopic (exact) mass is 659 g/mol. The summed E-state index contributed by atoms with van der Waals surface area (Å²) in [6, 6.07) is -4.26. The van der Waals surface area contributed by atoms with Crippen molar-refractivity contribution < 1.29 is 74.0 Å². The van der Waals surface area contributed by atoms with E-state index in [2.05, 4.69) is 0 Å². The Kier molecular flexibility index (Phi) is 13.2. The lowest BCUT2D eigenvalue weighted by Gasteiger charge is -2.47. The van der Waals surface area contributed by atoms with Gasteiger partial charge in [0.05, 0.1) is 44.6 Å². The smallest absolute Gasteiger partial charge is 0.187 e. The molecule has 4 aliphatic rings. The number of aliphatic hydroxyl groups excluding tert-OH is 8. The van der Waals surface area contributed by atoms with Crippen LogP contribution in [0.1, 0.15) is 6.42 Å². The van der Waals surface area contributed by atoms with Crippen LogP contribution in [0.15, 0.2) is 0 Å². The fraction of sp³-hybridized carbons (Fsp3) is 1.00. The zero-order chi connectivity index (χ0) is 33.2. The van der Waals surface area contributed by atoms with Gasteiger partial charge in [0.1, 0.15) is 67.1 Å². The molecule has 4 fully saturated rings. The maximum Gasteiger partial charge on any atom is 0.187 e. The van der Waals surface area contributed by atoms with Gasteiger partial charge < -0.3 is 103 Å². The van der Waals surface area contributed by atoms with Crippen LogP contribution in [0.2, 0.25) is 0 Å². The first-order valence-corrected chi connectivity index (χ1v) is 14.9. The molecule has 20 heteroatoms. The first kappa shape index (κ1) is 37.0. The van der Waals surface area contributed by atoms with Crippen molar-refractivity contribution in [3.8, 4) is 0 Å². The van der Waals surface area contributed by atoms with E-state index < -0.39 is 129 Å². The van der Waals surface area contributed by atoms with Crippen LogP contribution in [0, 0.1) is 0 Å². The number of nitrogens with two attached hydrogens (primary N) is 5. The molecular formula is C25H49N5O15. The van der Waals surface area contributed by atoms with E-state index in [9.17, 15) is 35.7 Å². The number of aliphatic hydroxyl groups is 8. The summed E-state index contributed by atoms with van der Waals surface area (Å²) in [6.45, 7) is -1.92. The molecule has 19 atom stereocenters. The van der Waals surface area contributed by atoms with Crippen LogP contribution in [0.4, 0.5) is 0 Å². The lowest BCUT2D eigenvalue weighted by atomic mass is 9.84. The Morgan fingerprint density at radius 1 is 0.556 bits per heavy atom. The molecule has 0 amide bonds. The van der Waals surface area contributed by atoms with Gasteiger partial charge in [0.2, 0.25) is 0 Å². The molecule has 18 N–H and O–H groups in total. The van der Waals surface area contributed by atoms with E-state index in [4.69, 9.17) is 66.9 Å².